The van der Waals surface area contributed by atoms with Gasteiger partial charge in [-0.2, -0.15) is 0 Å². The van der Waals surface area contributed by atoms with Gasteiger partial charge in [-0.1, -0.05) is 146 Å². The van der Waals surface area contributed by atoms with Crippen LogP contribution >= 0.6 is 7.14 Å². The Morgan fingerprint density at radius 1 is 0.423 bits per heavy atom. The Morgan fingerprint density at radius 3 is 1.63 bits per heavy atom. The molecule has 10 aromatic rings. The van der Waals surface area contributed by atoms with E-state index < -0.39 is 7.14 Å². The van der Waals surface area contributed by atoms with Gasteiger partial charge in [0.05, 0.1) is 22.2 Å². The maximum Gasteiger partial charge on any atom is 0.171 e. The first-order valence-electron chi connectivity index (χ1n) is 17.4. The van der Waals surface area contributed by atoms with Crippen molar-refractivity contribution in [3.8, 4) is 22.4 Å². The quantitative estimate of drug-likeness (QED) is 0.103. The predicted molar refractivity (Wildman–Crippen MR) is 218 cm³/mol. The van der Waals surface area contributed by atoms with E-state index in [4.69, 9.17) is 15.0 Å². The number of aromatic nitrogens is 3. The van der Waals surface area contributed by atoms with Crippen LogP contribution in [0.2, 0.25) is 0 Å². The molecule has 0 saturated heterocycles. The van der Waals surface area contributed by atoms with Crippen LogP contribution in [0.15, 0.2) is 182 Å². The highest BCUT2D eigenvalue weighted by atomic mass is 31.2. The summed E-state index contributed by atoms with van der Waals surface area (Å²) in [4.78, 5) is 15.0. The van der Waals surface area contributed by atoms with Crippen molar-refractivity contribution in [2.45, 2.75) is 0 Å². The Balaban J connectivity index is 1.17. The van der Waals surface area contributed by atoms with Gasteiger partial charge in [0.2, 0.25) is 0 Å². The average Bonchev–Trinajstić information content (AvgIpc) is 3.22. The van der Waals surface area contributed by atoms with Crippen LogP contribution in [0.5, 0.6) is 0 Å². The number of rotatable bonds is 5. The van der Waals surface area contributed by atoms with Gasteiger partial charge in [0.25, 0.3) is 0 Å². The Bertz CT molecular complexity index is 2950. The molecule has 0 aliphatic carbocycles. The van der Waals surface area contributed by atoms with Gasteiger partial charge in [-0.05, 0) is 51.4 Å². The van der Waals surface area contributed by atoms with E-state index in [1.807, 2.05) is 91.3 Å². The summed E-state index contributed by atoms with van der Waals surface area (Å²) in [5, 5.41) is 10.0. The molecule has 0 aliphatic heterocycles. The highest BCUT2D eigenvalue weighted by Gasteiger charge is 2.30. The number of benzene rings is 7. The lowest BCUT2D eigenvalue weighted by Crippen LogP contribution is -2.24. The first kappa shape index (κ1) is 30.4. The fourth-order valence-electron chi connectivity index (χ4n) is 7.74. The first-order chi connectivity index (χ1) is 25.7. The van der Waals surface area contributed by atoms with Crippen molar-refractivity contribution in [3.05, 3.63) is 182 Å². The van der Waals surface area contributed by atoms with Crippen LogP contribution in [0.3, 0.4) is 0 Å². The summed E-state index contributed by atoms with van der Waals surface area (Å²) >= 11 is 0. The van der Waals surface area contributed by atoms with Crippen molar-refractivity contribution in [1.29, 1.82) is 0 Å². The molecule has 244 valence electrons. The second-order valence-corrected chi connectivity index (χ2v) is 15.9. The SMILES string of the molecule is O=P(c1ccccc1)(c1ccccc1)c1ccc2cc(-c3c4ccccc4c(-c4ccc5ccc6cccnc6c5n4)c4ccccc34)cnc2c1. The zero-order valence-corrected chi connectivity index (χ0v) is 28.9. The molecule has 0 spiro atoms. The van der Waals surface area contributed by atoms with Crippen molar-refractivity contribution in [1.82, 2.24) is 15.0 Å². The van der Waals surface area contributed by atoms with Crippen molar-refractivity contribution in [2.75, 3.05) is 0 Å². The minimum Gasteiger partial charge on any atom is -0.309 e. The minimum atomic E-state index is -3.13. The van der Waals surface area contributed by atoms with Gasteiger partial charge in [0.1, 0.15) is 0 Å². The van der Waals surface area contributed by atoms with Gasteiger partial charge in [-0.15, -0.1) is 0 Å². The van der Waals surface area contributed by atoms with E-state index in [1.54, 1.807) is 0 Å². The van der Waals surface area contributed by atoms with Crippen LogP contribution < -0.4 is 15.9 Å². The molecule has 0 amide bonds. The van der Waals surface area contributed by atoms with Crippen LogP contribution in [0.1, 0.15) is 0 Å². The van der Waals surface area contributed by atoms with Crippen molar-refractivity contribution < 1.29 is 4.57 Å². The Hall–Kier alpha value is -6.48. The molecule has 0 radical (unpaired) electrons. The monoisotopic (exact) mass is 683 g/mol. The van der Waals surface area contributed by atoms with E-state index in [2.05, 4.69) is 91.0 Å². The molecule has 0 unspecified atom stereocenters. The lowest BCUT2D eigenvalue weighted by molar-refractivity contribution is 0.592. The van der Waals surface area contributed by atoms with E-state index in [1.165, 1.54) is 0 Å². The first-order valence-corrected chi connectivity index (χ1v) is 19.1. The third-order valence-electron chi connectivity index (χ3n) is 10.2. The van der Waals surface area contributed by atoms with Crippen molar-refractivity contribution in [2.24, 2.45) is 0 Å². The highest BCUT2D eigenvalue weighted by Crippen LogP contribution is 2.45. The highest BCUT2D eigenvalue weighted by molar-refractivity contribution is 7.85. The summed E-state index contributed by atoms with van der Waals surface area (Å²) in [5.41, 5.74) is 6.77. The van der Waals surface area contributed by atoms with E-state index >= 15 is 4.57 Å². The smallest absolute Gasteiger partial charge is 0.171 e. The zero-order valence-electron chi connectivity index (χ0n) is 28.0. The molecular formula is C47H30N3OP. The third-order valence-corrected chi connectivity index (χ3v) is 13.2. The maximum absolute atomic E-state index is 15.1. The molecule has 52 heavy (non-hydrogen) atoms. The zero-order chi connectivity index (χ0) is 34.6. The fraction of sp³-hybridized carbons (Fsp3) is 0. The molecule has 7 aromatic carbocycles. The van der Waals surface area contributed by atoms with Gasteiger partial charge < -0.3 is 4.57 Å². The summed E-state index contributed by atoms with van der Waals surface area (Å²) < 4.78 is 15.1. The molecule has 0 bridgehead atoms. The van der Waals surface area contributed by atoms with E-state index in [9.17, 15) is 0 Å². The Labute approximate surface area is 300 Å². The molecular weight excluding hydrogens is 654 g/mol. The molecule has 10 rings (SSSR count). The number of fused-ring (bicyclic) bond motifs is 6. The Morgan fingerprint density at radius 2 is 0.981 bits per heavy atom. The predicted octanol–water partition coefficient (Wildman–Crippen LogP) is 10.6. The van der Waals surface area contributed by atoms with Crippen molar-refractivity contribution >= 4 is 77.3 Å². The second-order valence-electron chi connectivity index (χ2n) is 13.1. The van der Waals surface area contributed by atoms with Crippen LogP contribution in [0.25, 0.3) is 76.6 Å². The topological polar surface area (TPSA) is 55.7 Å². The molecule has 3 aromatic heterocycles. The maximum atomic E-state index is 15.1. The molecule has 0 fully saturated rings. The third kappa shape index (κ3) is 4.76. The van der Waals surface area contributed by atoms with Crippen LogP contribution in [0, 0.1) is 0 Å². The molecule has 0 saturated carbocycles. The fourth-order valence-corrected chi connectivity index (χ4v) is 10.4. The van der Waals surface area contributed by atoms with E-state index in [0.29, 0.717) is 0 Å². The van der Waals surface area contributed by atoms with Gasteiger partial charge in [-0.25, -0.2) is 4.98 Å². The van der Waals surface area contributed by atoms with Gasteiger partial charge >= 0.3 is 0 Å². The number of pyridine rings is 3. The molecule has 3 heterocycles. The van der Waals surface area contributed by atoms with Gasteiger partial charge in [0.15, 0.2) is 7.14 Å². The van der Waals surface area contributed by atoms with Crippen LogP contribution in [-0.2, 0) is 4.57 Å². The summed E-state index contributed by atoms with van der Waals surface area (Å²) in [6.07, 6.45) is 3.79. The van der Waals surface area contributed by atoms with Gasteiger partial charge in [-0.3, -0.25) is 9.97 Å². The normalized spacial score (nSPS) is 11.9. The molecule has 0 aliphatic rings. The number of hydrogen-bond acceptors (Lipinski definition) is 4. The lowest BCUT2D eigenvalue weighted by Gasteiger charge is -2.20. The number of hydrogen-bond donors (Lipinski definition) is 0. The van der Waals surface area contributed by atoms with Crippen LogP contribution in [-0.4, -0.2) is 15.0 Å². The molecule has 0 N–H and O–H groups in total. The van der Waals surface area contributed by atoms with Crippen molar-refractivity contribution in [3.63, 3.8) is 0 Å². The largest absolute Gasteiger partial charge is 0.309 e. The second kappa shape index (κ2) is 12.1. The summed E-state index contributed by atoms with van der Waals surface area (Å²) in [7, 11) is -3.13. The Kier molecular flexibility index (Phi) is 7.06. The molecule has 0 atom stereocenters. The molecule has 4 nitrogen and oxygen atoms in total. The average molecular weight is 684 g/mol. The molecule has 5 heteroatoms. The minimum absolute atomic E-state index is 0.767. The van der Waals surface area contributed by atoms with E-state index in [-0.39, 0.29) is 0 Å². The lowest BCUT2D eigenvalue weighted by atomic mass is 9.87. The van der Waals surface area contributed by atoms with E-state index in [0.717, 1.165) is 92.6 Å². The standard InChI is InChI=1S/C47H30N3OP/c51-52(35-13-3-1-4-14-35,36-15-5-2-6-16-36)37-25-23-33-28-34(30-49-43(33)29-37)44-38-17-7-9-19-40(38)45(41-20-10-8-18-39(41)44)42-26-24-32-22-21-31-12-11-27-48-46(31)47(32)50-42/h1-30H. The summed E-state index contributed by atoms with van der Waals surface area (Å²) in [5.74, 6) is 0. The summed E-state index contributed by atoms with van der Waals surface area (Å²) in [6.45, 7) is 0. The summed E-state index contributed by atoms with van der Waals surface area (Å²) in [6, 6.07) is 57.6. The number of nitrogens with zero attached hydrogens (tertiary/aromatic N) is 3. The van der Waals surface area contributed by atoms with Gasteiger partial charge in [0, 0.05) is 55.6 Å². The van der Waals surface area contributed by atoms with Crippen LogP contribution in [0.4, 0.5) is 0 Å².